The van der Waals surface area contributed by atoms with Crippen LogP contribution in [0, 0.1) is 13.8 Å². The molecule has 0 spiro atoms. The van der Waals surface area contributed by atoms with Crippen molar-refractivity contribution in [1.82, 2.24) is 14.5 Å². The molecule has 0 aliphatic carbocycles. The Hall–Kier alpha value is -2.71. The van der Waals surface area contributed by atoms with Crippen molar-refractivity contribution < 1.29 is 13.2 Å². The molecule has 2 aromatic rings. The third-order valence-corrected chi connectivity index (χ3v) is 7.44. The number of carbonyl (C=O) groups excluding carboxylic acids is 1. The summed E-state index contributed by atoms with van der Waals surface area (Å²) in [5.74, 6) is 0.859. The average molecular weight is 457 g/mol. The minimum absolute atomic E-state index is 0.0754. The molecule has 8 heteroatoms. The molecule has 0 aromatic heterocycles. The molecule has 0 unspecified atom stereocenters. The number of nitrogens with zero attached hydrogens (tertiary/aromatic N) is 3. The number of hydrogen-bond acceptors (Lipinski definition) is 5. The van der Waals surface area contributed by atoms with Crippen LogP contribution in [0.5, 0.6) is 0 Å². The van der Waals surface area contributed by atoms with Crippen LogP contribution >= 0.6 is 0 Å². The first-order valence-corrected chi connectivity index (χ1v) is 12.3. The summed E-state index contributed by atoms with van der Waals surface area (Å²) in [6.45, 7) is 6.15. The molecule has 3 rings (SSSR count). The zero-order valence-corrected chi connectivity index (χ0v) is 20.1. The van der Waals surface area contributed by atoms with E-state index >= 15 is 0 Å². The highest BCUT2D eigenvalue weighted by Crippen LogP contribution is 2.18. The number of aryl methyl sites for hydroxylation is 2. The van der Waals surface area contributed by atoms with Crippen molar-refractivity contribution in [2.75, 3.05) is 40.3 Å². The van der Waals surface area contributed by atoms with E-state index in [2.05, 4.69) is 22.4 Å². The first-order valence-electron chi connectivity index (χ1n) is 10.8. The minimum atomic E-state index is -3.62. The lowest BCUT2D eigenvalue weighted by atomic mass is 10.1. The summed E-state index contributed by atoms with van der Waals surface area (Å²) in [7, 11) is -0.349. The van der Waals surface area contributed by atoms with Gasteiger partial charge in [-0.1, -0.05) is 30.3 Å². The van der Waals surface area contributed by atoms with Gasteiger partial charge in [0.1, 0.15) is 5.84 Å². The lowest BCUT2D eigenvalue weighted by Crippen LogP contribution is -2.34. The lowest BCUT2D eigenvalue weighted by molar-refractivity contribution is -0.129. The summed E-state index contributed by atoms with van der Waals surface area (Å²) in [5, 5.41) is 3.26. The van der Waals surface area contributed by atoms with Gasteiger partial charge in [-0.2, -0.15) is 0 Å². The second kappa shape index (κ2) is 10.3. The number of sulfonamides is 1. The monoisotopic (exact) mass is 456 g/mol. The van der Waals surface area contributed by atoms with Gasteiger partial charge in [0.15, 0.2) is 0 Å². The van der Waals surface area contributed by atoms with Gasteiger partial charge in [-0.3, -0.25) is 9.79 Å². The summed E-state index contributed by atoms with van der Waals surface area (Å²) < 4.78 is 26.9. The van der Waals surface area contributed by atoms with Gasteiger partial charge in [-0.15, -0.1) is 0 Å². The Morgan fingerprint density at radius 2 is 1.69 bits per heavy atom. The molecule has 7 nitrogen and oxygen atoms in total. The predicted molar refractivity (Wildman–Crippen MR) is 128 cm³/mol. The summed E-state index contributed by atoms with van der Waals surface area (Å²) in [4.78, 5) is 18.9. The van der Waals surface area contributed by atoms with Gasteiger partial charge in [0.05, 0.1) is 11.4 Å². The van der Waals surface area contributed by atoms with E-state index in [4.69, 9.17) is 0 Å². The van der Waals surface area contributed by atoms with Gasteiger partial charge in [0.2, 0.25) is 15.9 Å². The van der Waals surface area contributed by atoms with Gasteiger partial charge in [0, 0.05) is 45.7 Å². The van der Waals surface area contributed by atoms with Crippen LogP contribution < -0.4 is 5.32 Å². The molecule has 1 N–H and O–H groups in total. The molecular formula is C24H32N4O3S. The average Bonchev–Trinajstić information content (AvgIpc) is 3.30. The molecule has 0 saturated carbocycles. The Balaban J connectivity index is 1.49. The van der Waals surface area contributed by atoms with Gasteiger partial charge in [-0.25, -0.2) is 12.7 Å². The van der Waals surface area contributed by atoms with E-state index in [1.54, 1.807) is 24.1 Å². The number of aliphatic imine (C=N–C) groups is 1. The number of amidine groups is 1. The molecule has 0 saturated heterocycles. The Morgan fingerprint density at radius 1 is 1.03 bits per heavy atom. The number of nitrogens with one attached hydrogen (secondary N) is 1. The third kappa shape index (κ3) is 5.95. The maximum Gasteiger partial charge on any atom is 0.242 e. The van der Waals surface area contributed by atoms with E-state index in [-0.39, 0.29) is 23.8 Å². The topological polar surface area (TPSA) is 82.1 Å². The molecule has 0 fully saturated rings. The zero-order chi connectivity index (χ0) is 23.3. The summed E-state index contributed by atoms with van der Waals surface area (Å²) in [6, 6.07) is 13.5. The Morgan fingerprint density at radius 3 is 2.28 bits per heavy atom. The first-order chi connectivity index (χ1) is 15.2. The quantitative estimate of drug-likeness (QED) is 0.628. The van der Waals surface area contributed by atoms with Crippen LogP contribution in [0.15, 0.2) is 52.4 Å². The van der Waals surface area contributed by atoms with Gasteiger partial charge < -0.3 is 10.2 Å². The predicted octanol–water partition coefficient (Wildman–Crippen LogP) is 2.36. The fourth-order valence-electron chi connectivity index (χ4n) is 3.67. The standard InChI is InChI=1S/C24H32N4O3S/c1-18-15-19(2)17-22(16-18)32(30,31)28(4)14-10-23(29)27(3)13-9-20-5-7-21(8-6-20)24-25-11-12-26-24/h5-8,15-17H,9-14H2,1-4H3,(H,25,26). The van der Waals surface area contributed by atoms with Crippen LogP contribution in [0.1, 0.15) is 28.7 Å². The number of rotatable bonds is 9. The van der Waals surface area contributed by atoms with E-state index in [9.17, 15) is 13.2 Å². The minimum Gasteiger partial charge on any atom is -0.368 e. The fourth-order valence-corrected chi connectivity index (χ4v) is 5.03. The zero-order valence-electron chi connectivity index (χ0n) is 19.3. The molecule has 1 amide bonds. The van der Waals surface area contributed by atoms with Gasteiger partial charge in [-0.05, 0) is 49.1 Å². The van der Waals surface area contributed by atoms with E-state index in [0.717, 1.165) is 47.6 Å². The van der Waals surface area contributed by atoms with Crippen molar-refractivity contribution in [3.05, 3.63) is 64.7 Å². The fraction of sp³-hybridized carbons (Fsp3) is 0.417. The number of benzene rings is 2. The smallest absolute Gasteiger partial charge is 0.242 e. The largest absolute Gasteiger partial charge is 0.368 e. The highest BCUT2D eigenvalue weighted by Gasteiger charge is 2.22. The van der Waals surface area contributed by atoms with E-state index in [0.29, 0.717) is 6.54 Å². The van der Waals surface area contributed by atoms with Crippen LogP contribution in [-0.4, -0.2) is 69.6 Å². The highest BCUT2D eigenvalue weighted by molar-refractivity contribution is 7.89. The molecule has 172 valence electrons. The number of carbonyl (C=O) groups is 1. The maximum atomic E-state index is 12.8. The molecule has 1 aliphatic rings. The van der Waals surface area contributed by atoms with E-state index in [1.165, 1.54) is 11.4 Å². The molecule has 32 heavy (non-hydrogen) atoms. The SMILES string of the molecule is Cc1cc(C)cc(S(=O)(=O)N(C)CCC(=O)N(C)CCc2ccc(C3=NCCN3)cc2)c1. The number of amides is 1. The summed E-state index contributed by atoms with van der Waals surface area (Å²) >= 11 is 0. The van der Waals surface area contributed by atoms with Crippen LogP contribution in [-0.2, 0) is 21.2 Å². The van der Waals surface area contributed by atoms with Crippen LogP contribution in [0.4, 0.5) is 0 Å². The first kappa shape index (κ1) is 23.9. The Labute approximate surface area is 191 Å². The Bertz CT molecular complexity index is 1070. The third-order valence-electron chi connectivity index (χ3n) is 5.61. The van der Waals surface area contributed by atoms with E-state index in [1.807, 2.05) is 32.0 Å². The van der Waals surface area contributed by atoms with Crippen LogP contribution in [0.2, 0.25) is 0 Å². The molecule has 0 bridgehead atoms. The van der Waals surface area contributed by atoms with Crippen molar-refractivity contribution in [1.29, 1.82) is 0 Å². The normalized spacial score (nSPS) is 13.7. The molecular weight excluding hydrogens is 424 g/mol. The van der Waals surface area contributed by atoms with Gasteiger partial charge in [0.25, 0.3) is 0 Å². The molecule has 1 aliphatic heterocycles. The Kier molecular flexibility index (Phi) is 7.69. The van der Waals surface area contributed by atoms with Crippen molar-refractivity contribution in [3.8, 4) is 0 Å². The van der Waals surface area contributed by atoms with Crippen LogP contribution in [0.25, 0.3) is 0 Å². The van der Waals surface area contributed by atoms with Crippen molar-refractivity contribution in [3.63, 3.8) is 0 Å². The molecule has 1 heterocycles. The second-order valence-corrected chi connectivity index (χ2v) is 10.4. The van der Waals surface area contributed by atoms with Crippen molar-refractivity contribution in [2.45, 2.75) is 31.6 Å². The van der Waals surface area contributed by atoms with Crippen LogP contribution in [0.3, 0.4) is 0 Å². The second-order valence-electron chi connectivity index (χ2n) is 8.32. The molecule has 0 atom stereocenters. The lowest BCUT2D eigenvalue weighted by Gasteiger charge is -2.21. The van der Waals surface area contributed by atoms with E-state index < -0.39 is 10.0 Å². The highest BCUT2D eigenvalue weighted by atomic mass is 32.2. The number of likely N-dealkylation sites (N-methyl/N-ethyl adjacent to an activating group) is 1. The summed E-state index contributed by atoms with van der Waals surface area (Å²) in [6.07, 6.45) is 0.876. The van der Waals surface area contributed by atoms with Crippen molar-refractivity contribution >= 4 is 21.8 Å². The molecule has 2 aromatic carbocycles. The number of hydrogen-bond donors (Lipinski definition) is 1. The summed E-state index contributed by atoms with van der Waals surface area (Å²) in [5.41, 5.74) is 4.01. The van der Waals surface area contributed by atoms with Crippen molar-refractivity contribution in [2.24, 2.45) is 4.99 Å². The van der Waals surface area contributed by atoms with Gasteiger partial charge >= 0.3 is 0 Å². The molecule has 0 radical (unpaired) electrons. The maximum absolute atomic E-state index is 12.8.